The van der Waals surface area contributed by atoms with Crippen LogP contribution in [0.5, 0.6) is 5.75 Å². The number of ether oxygens (including phenoxy) is 1. The van der Waals surface area contributed by atoms with Crippen molar-refractivity contribution in [2.45, 2.75) is 19.9 Å². The molecule has 2 amide bonds. The summed E-state index contributed by atoms with van der Waals surface area (Å²) in [5, 5.41) is 3.93. The van der Waals surface area contributed by atoms with E-state index in [2.05, 4.69) is 6.92 Å². The van der Waals surface area contributed by atoms with Crippen LogP contribution in [0.25, 0.3) is 27.6 Å². The van der Waals surface area contributed by atoms with Gasteiger partial charge in [-0.3, -0.25) is 14.5 Å². The lowest BCUT2D eigenvalue weighted by Gasteiger charge is -2.14. The summed E-state index contributed by atoms with van der Waals surface area (Å²) < 4.78 is 5.97. The Morgan fingerprint density at radius 1 is 0.848 bits per heavy atom. The second kappa shape index (κ2) is 9.12. The van der Waals surface area contributed by atoms with Gasteiger partial charge in [0, 0.05) is 5.56 Å². The van der Waals surface area contributed by atoms with Gasteiger partial charge in [-0.25, -0.2) is 0 Å². The number of nitrogens with zero attached hydrogens (tertiary/aromatic N) is 1. The van der Waals surface area contributed by atoms with Crippen molar-refractivity contribution in [2.24, 2.45) is 0 Å². The third kappa shape index (κ3) is 4.12. The molecule has 33 heavy (non-hydrogen) atoms. The van der Waals surface area contributed by atoms with Gasteiger partial charge >= 0.3 is 0 Å². The second-order valence-electron chi connectivity index (χ2n) is 7.95. The average molecular weight is 454 g/mol. The standard InChI is InChI=1S/C28H23NO3S/c1-2-16-32-25-15-14-20-9-4-6-13-23(20)24(25)17-26-27(30)29(28(31)33-26)18-21-11-7-10-19-8-3-5-12-22(19)21/h3-15,17H,2,16,18H2,1H3/b26-17-. The van der Waals surface area contributed by atoms with Crippen LogP contribution in [0.15, 0.2) is 83.8 Å². The average Bonchev–Trinajstić information content (AvgIpc) is 3.11. The SMILES string of the molecule is CCCOc1ccc2ccccc2c1/C=C1\SC(=O)N(Cc2cccc3ccccc23)C1=O. The van der Waals surface area contributed by atoms with Crippen LogP contribution in [0.4, 0.5) is 4.79 Å². The lowest BCUT2D eigenvalue weighted by Crippen LogP contribution is -2.27. The van der Waals surface area contributed by atoms with E-state index in [0.29, 0.717) is 11.5 Å². The fourth-order valence-electron chi connectivity index (χ4n) is 4.13. The van der Waals surface area contributed by atoms with E-state index in [9.17, 15) is 9.59 Å². The van der Waals surface area contributed by atoms with Gasteiger partial charge in [0.05, 0.1) is 18.1 Å². The maximum atomic E-state index is 13.3. The maximum absolute atomic E-state index is 13.3. The monoisotopic (exact) mass is 453 g/mol. The molecular formula is C28H23NO3S. The summed E-state index contributed by atoms with van der Waals surface area (Å²) in [7, 11) is 0. The normalized spacial score (nSPS) is 15.2. The predicted molar refractivity (Wildman–Crippen MR) is 135 cm³/mol. The predicted octanol–water partition coefficient (Wildman–Crippen LogP) is 7.02. The Kier molecular flexibility index (Phi) is 5.88. The number of benzene rings is 4. The van der Waals surface area contributed by atoms with E-state index in [0.717, 1.165) is 56.6 Å². The van der Waals surface area contributed by atoms with Crippen LogP contribution < -0.4 is 4.74 Å². The molecule has 0 aliphatic carbocycles. The maximum Gasteiger partial charge on any atom is 0.293 e. The molecule has 0 atom stereocenters. The summed E-state index contributed by atoms with van der Waals surface area (Å²) in [6.07, 6.45) is 2.69. The summed E-state index contributed by atoms with van der Waals surface area (Å²) in [4.78, 5) is 27.9. The third-order valence-corrected chi connectivity index (χ3v) is 6.66. The van der Waals surface area contributed by atoms with Gasteiger partial charge in [-0.1, -0.05) is 79.7 Å². The minimum atomic E-state index is -0.271. The highest BCUT2D eigenvalue weighted by atomic mass is 32.2. The smallest absolute Gasteiger partial charge is 0.293 e. The van der Waals surface area contributed by atoms with Gasteiger partial charge in [0.15, 0.2) is 0 Å². The molecule has 1 fully saturated rings. The molecule has 1 aliphatic heterocycles. The number of hydrogen-bond acceptors (Lipinski definition) is 4. The molecule has 0 bridgehead atoms. The van der Waals surface area contributed by atoms with Crippen molar-refractivity contribution in [1.29, 1.82) is 0 Å². The van der Waals surface area contributed by atoms with Gasteiger partial charge < -0.3 is 4.74 Å². The summed E-state index contributed by atoms with van der Waals surface area (Å²) >= 11 is 0.985. The number of carbonyl (C=O) groups is 2. The Hall–Kier alpha value is -3.57. The van der Waals surface area contributed by atoms with Crippen molar-refractivity contribution in [3.63, 3.8) is 0 Å². The zero-order valence-electron chi connectivity index (χ0n) is 18.3. The van der Waals surface area contributed by atoms with E-state index in [4.69, 9.17) is 4.74 Å². The van der Waals surface area contributed by atoms with Crippen molar-refractivity contribution in [3.8, 4) is 5.75 Å². The van der Waals surface area contributed by atoms with Crippen molar-refractivity contribution >= 4 is 50.5 Å². The Morgan fingerprint density at radius 3 is 2.33 bits per heavy atom. The number of amides is 2. The molecule has 164 valence electrons. The van der Waals surface area contributed by atoms with Crippen molar-refractivity contribution in [3.05, 3.63) is 94.9 Å². The van der Waals surface area contributed by atoms with Crippen LogP contribution in [0, 0.1) is 0 Å². The quantitative estimate of drug-likeness (QED) is 0.294. The Balaban J connectivity index is 1.51. The molecule has 1 saturated heterocycles. The van der Waals surface area contributed by atoms with Gasteiger partial charge in [-0.15, -0.1) is 0 Å². The zero-order valence-corrected chi connectivity index (χ0v) is 19.1. The fraction of sp³-hybridized carbons (Fsp3) is 0.143. The number of imide groups is 1. The van der Waals surface area contributed by atoms with E-state index >= 15 is 0 Å². The van der Waals surface area contributed by atoms with E-state index in [-0.39, 0.29) is 17.7 Å². The summed E-state index contributed by atoms with van der Waals surface area (Å²) in [6, 6.07) is 25.9. The van der Waals surface area contributed by atoms with Crippen molar-refractivity contribution in [2.75, 3.05) is 6.61 Å². The number of fused-ring (bicyclic) bond motifs is 2. The first kappa shape index (κ1) is 21.3. The summed E-state index contributed by atoms with van der Waals surface area (Å²) in [5.74, 6) is 0.448. The van der Waals surface area contributed by atoms with Crippen LogP contribution in [0.3, 0.4) is 0 Å². The molecule has 0 saturated carbocycles. The molecule has 5 rings (SSSR count). The van der Waals surface area contributed by atoms with E-state index in [1.807, 2.05) is 78.9 Å². The molecule has 1 heterocycles. The molecule has 4 aromatic carbocycles. The minimum absolute atomic E-state index is 0.248. The van der Waals surface area contributed by atoms with Crippen LogP contribution >= 0.6 is 11.8 Å². The molecule has 0 N–H and O–H groups in total. The zero-order chi connectivity index (χ0) is 22.8. The largest absolute Gasteiger partial charge is 0.493 e. The van der Waals surface area contributed by atoms with Crippen LogP contribution in [0.1, 0.15) is 24.5 Å². The van der Waals surface area contributed by atoms with Crippen molar-refractivity contribution < 1.29 is 14.3 Å². The van der Waals surface area contributed by atoms with Gasteiger partial charge in [-0.05, 0) is 57.4 Å². The van der Waals surface area contributed by atoms with E-state index < -0.39 is 0 Å². The van der Waals surface area contributed by atoms with E-state index in [1.54, 1.807) is 6.08 Å². The highest BCUT2D eigenvalue weighted by molar-refractivity contribution is 8.18. The van der Waals surface area contributed by atoms with Crippen LogP contribution in [-0.4, -0.2) is 22.7 Å². The van der Waals surface area contributed by atoms with Crippen molar-refractivity contribution in [1.82, 2.24) is 4.90 Å². The second-order valence-corrected chi connectivity index (χ2v) is 8.95. The van der Waals surface area contributed by atoms with Gasteiger partial charge in [0.25, 0.3) is 11.1 Å². The number of thioether (sulfide) groups is 1. The Labute approximate surface area is 196 Å². The minimum Gasteiger partial charge on any atom is -0.493 e. The fourth-order valence-corrected chi connectivity index (χ4v) is 4.95. The molecule has 0 radical (unpaired) electrons. The van der Waals surface area contributed by atoms with Gasteiger partial charge in [0.1, 0.15) is 5.75 Å². The third-order valence-electron chi connectivity index (χ3n) is 5.75. The summed E-state index contributed by atoms with van der Waals surface area (Å²) in [6.45, 7) is 2.89. The molecule has 0 spiro atoms. The number of hydrogen-bond donors (Lipinski definition) is 0. The Morgan fingerprint density at radius 2 is 1.55 bits per heavy atom. The lowest BCUT2D eigenvalue weighted by atomic mass is 10.0. The molecule has 4 aromatic rings. The molecule has 0 unspecified atom stereocenters. The highest BCUT2D eigenvalue weighted by Crippen LogP contribution is 2.38. The number of rotatable bonds is 6. The molecule has 5 heteroatoms. The summed E-state index contributed by atoms with van der Waals surface area (Å²) in [5.41, 5.74) is 1.78. The highest BCUT2D eigenvalue weighted by Gasteiger charge is 2.35. The topological polar surface area (TPSA) is 46.6 Å². The van der Waals surface area contributed by atoms with E-state index in [1.165, 1.54) is 4.90 Å². The first-order valence-electron chi connectivity index (χ1n) is 11.0. The first-order chi connectivity index (χ1) is 16.2. The molecule has 4 nitrogen and oxygen atoms in total. The van der Waals surface area contributed by atoms with Crippen LogP contribution in [-0.2, 0) is 11.3 Å². The first-order valence-corrected chi connectivity index (χ1v) is 11.8. The van der Waals surface area contributed by atoms with Gasteiger partial charge in [-0.2, -0.15) is 0 Å². The Bertz CT molecular complexity index is 1400. The molecule has 0 aromatic heterocycles. The lowest BCUT2D eigenvalue weighted by molar-refractivity contribution is -0.123. The molecular weight excluding hydrogens is 430 g/mol. The van der Waals surface area contributed by atoms with Gasteiger partial charge in [0.2, 0.25) is 0 Å². The number of carbonyl (C=O) groups excluding carboxylic acids is 2. The molecule has 1 aliphatic rings. The van der Waals surface area contributed by atoms with Crippen LogP contribution in [0.2, 0.25) is 0 Å².